The molecule has 0 fully saturated rings. The van der Waals surface area contributed by atoms with Gasteiger partial charge in [-0.15, -0.1) is 0 Å². The first-order chi connectivity index (χ1) is 35.2. The Balaban J connectivity index is 1.07. The number of hydrogen-bond donors (Lipinski definition) is 0. The third-order valence-electron chi connectivity index (χ3n) is 14.3. The van der Waals surface area contributed by atoms with Crippen molar-refractivity contribution in [3.05, 3.63) is 237 Å². The normalized spacial score (nSPS) is 11.9. The molecule has 15 aromatic rings. The molecule has 0 spiro atoms. The highest BCUT2D eigenvalue weighted by atomic mass is 16.3. The van der Waals surface area contributed by atoms with Crippen LogP contribution in [0.15, 0.2) is 241 Å². The molecule has 0 saturated heterocycles. The Kier molecular flexibility index (Phi) is 8.56. The van der Waals surface area contributed by atoms with Crippen molar-refractivity contribution in [2.75, 3.05) is 0 Å². The van der Waals surface area contributed by atoms with Gasteiger partial charge in [-0.1, -0.05) is 164 Å². The van der Waals surface area contributed by atoms with E-state index >= 15 is 0 Å². The topological polar surface area (TPSA) is 61.7 Å². The Hall–Kier alpha value is -9.65. The van der Waals surface area contributed by atoms with Crippen LogP contribution in [0.5, 0.6) is 0 Å². The van der Waals surface area contributed by atoms with Gasteiger partial charge in [0, 0.05) is 60.8 Å². The van der Waals surface area contributed by atoms with Crippen molar-refractivity contribution in [2.45, 2.75) is 0 Å². The molecule has 0 radical (unpaired) electrons. The lowest BCUT2D eigenvalue weighted by atomic mass is 10.0. The summed E-state index contributed by atoms with van der Waals surface area (Å²) in [5.74, 6) is 1.71. The lowest BCUT2D eigenvalue weighted by Crippen LogP contribution is -2.04. The van der Waals surface area contributed by atoms with E-state index in [0.29, 0.717) is 17.5 Å². The molecule has 4 aromatic heterocycles. The van der Waals surface area contributed by atoms with Crippen LogP contribution in [0.4, 0.5) is 0 Å². The first-order valence-electron chi connectivity index (χ1n) is 24.0. The highest BCUT2D eigenvalue weighted by molar-refractivity contribution is 6.18. The Bertz CT molecular complexity index is 4550. The third-order valence-corrected chi connectivity index (χ3v) is 14.3. The summed E-state index contributed by atoms with van der Waals surface area (Å²) in [5.41, 5.74) is 12.8. The third kappa shape index (κ3) is 6.18. The van der Waals surface area contributed by atoms with Crippen LogP contribution in [0.2, 0.25) is 0 Å². The molecular formula is C65H39N5O. The number of rotatable bonds is 6. The predicted molar refractivity (Wildman–Crippen MR) is 293 cm³/mol. The van der Waals surface area contributed by atoms with Gasteiger partial charge in [0.25, 0.3) is 0 Å². The quantitative estimate of drug-likeness (QED) is 0.167. The van der Waals surface area contributed by atoms with Gasteiger partial charge in [0.1, 0.15) is 11.2 Å². The molecular weight excluding hydrogens is 867 g/mol. The molecule has 0 aliphatic carbocycles. The standard InChI is InChI=1S/C65H39N5O/c1-3-17-40(18-4-1)41-23-15-24-46(33-41)63-66-64(50-29-16-31-56-62(50)49-28-11-13-30-55(49)69(56)47-25-5-2-6-26-47)68-65(67-63)54-38-53-48-27-12-14-32-60(48)71-61(53)39-59(54)70-57-36-44-21-9-7-19-42(44)34-51(57)52-35-43-20-8-10-22-45(43)37-58(52)70/h1-39H. The number of benzene rings is 11. The Morgan fingerprint density at radius 1 is 0.296 bits per heavy atom. The summed E-state index contributed by atoms with van der Waals surface area (Å²) in [6, 6.07) is 83.9. The molecule has 4 heterocycles. The number of para-hydroxylation sites is 3. The number of hydrogen-bond acceptors (Lipinski definition) is 4. The SMILES string of the molecule is c1ccc(-c2cccc(-c3nc(-c4cc5c(cc4-n4c6cc7ccccc7cc6c6cc7ccccc7cc64)oc4ccccc45)nc(-c4cccc5c4c4ccccc4n5-c4ccccc4)n3)c2)cc1. The van der Waals surface area contributed by atoms with Gasteiger partial charge in [-0.3, -0.25) is 0 Å². The number of furan rings is 1. The smallest absolute Gasteiger partial charge is 0.166 e. The van der Waals surface area contributed by atoms with Gasteiger partial charge < -0.3 is 13.6 Å². The number of nitrogens with zero attached hydrogens (tertiary/aromatic N) is 5. The molecule has 0 aliphatic rings. The highest BCUT2D eigenvalue weighted by Gasteiger charge is 2.25. The monoisotopic (exact) mass is 905 g/mol. The van der Waals surface area contributed by atoms with Gasteiger partial charge in [-0.05, 0) is 99.4 Å². The molecule has 0 bridgehead atoms. The van der Waals surface area contributed by atoms with E-state index in [4.69, 9.17) is 19.4 Å². The maximum atomic E-state index is 6.75. The zero-order valence-corrected chi connectivity index (χ0v) is 38.2. The largest absolute Gasteiger partial charge is 0.456 e. The van der Waals surface area contributed by atoms with Crippen LogP contribution in [0.25, 0.3) is 144 Å². The van der Waals surface area contributed by atoms with Gasteiger partial charge in [0.05, 0.1) is 27.8 Å². The van der Waals surface area contributed by atoms with E-state index in [1.807, 2.05) is 18.2 Å². The summed E-state index contributed by atoms with van der Waals surface area (Å²) in [7, 11) is 0. The molecule has 0 amide bonds. The number of aromatic nitrogens is 5. The highest BCUT2D eigenvalue weighted by Crippen LogP contribution is 2.44. The molecule has 0 unspecified atom stereocenters. The molecule has 0 atom stereocenters. The second kappa shape index (κ2) is 15.4. The van der Waals surface area contributed by atoms with E-state index in [1.54, 1.807) is 0 Å². The fourth-order valence-electron chi connectivity index (χ4n) is 11.0. The van der Waals surface area contributed by atoms with Crippen LogP contribution in [-0.2, 0) is 0 Å². The molecule has 0 saturated carbocycles. The Labute approximate surface area is 407 Å². The predicted octanol–water partition coefficient (Wildman–Crippen LogP) is 16.9. The zero-order chi connectivity index (χ0) is 46.6. The Morgan fingerprint density at radius 3 is 1.58 bits per heavy atom. The lowest BCUT2D eigenvalue weighted by Gasteiger charge is -2.16. The summed E-state index contributed by atoms with van der Waals surface area (Å²) < 4.78 is 11.5. The minimum absolute atomic E-state index is 0.553. The molecule has 15 rings (SSSR count). The maximum absolute atomic E-state index is 6.75. The van der Waals surface area contributed by atoms with Crippen LogP contribution in [-0.4, -0.2) is 24.1 Å². The van der Waals surface area contributed by atoms with E-state index in [0.717, 1.165) is 116 Å². The molecule has 330 valence electrons. The summed E-state index contributed by atoms with van der Waals surface area (Å²) in [6.45, 7) is 0. The summed E-state index contributed by atoms with van der Waals surface area (Å²) in [5, 5.41) is 11.2. The molecule has 6 nitrogen and oxygen atoms in total. The van der Waals surface area contributed by atoms with Gasteiger partial charge in [0.15, 0.2) is 17.5 Å². The molecule has 11 aromatic carbocycles. The zero-order valence-electron chi connectivity index (χ0n) is 38.2. The number of fused-ring (bicyclic) bond motifs is 11. The van der Waals surface area contributed by atoms with Gasteiger partial charge in [0.2, 0.25) is 0 Å². The second-order valence-corrected chi connectivity index (χ2v) is 18.4. The van der Waals surface area contributed by atoms with Crippen molar-refractivity contribution >= 4 is 87.1 Å². The van der Waals surface area contributed by atoms with Crippen molar-refractivity contribution in [2.24, 2.45) is 0 Å². The molecule has 6 heteroatoms. The summed E-state index contributed by atoms with van der Waals surface area (Å²) in [4.78, 5) is 16.7. The lowest BCUT2D eigenvalue weighted by molar-refractivity contribution is 0.668. The molecule has 0 N–H and O–H groups in total. The van der Waals surface area contributed by atoms with Crippen LogP contribution >= 0.6 is 0 Å². The molecule has 71 heavy (non-hydrogen) atoms. The fraction of sp³-hybridized carbons (Fsp3) is 0. The van der Waals surface area contributed by atoms with Gasteiger partial charge in [-0.2, -0.15) is 0 Å². The van der Waals surface area contributed by atoms with Gasteiger partial charge >= 0.3 is 0 Å². The van der Waals surface area contributed by atoms with E-state index in [-0.39, 0.29) is 0 Å². The van der Waals surface area contributed by atoms with Crippen molar-refractivity contribution in [3.8, 4) is 56.7 Å². The van der Waals surface area contributed by atoms with Crippen molar-refractivity contribution < 1.29 is 4.42 Å². The van der Waals surface area contributed by atoms with Crippen molar-refractivity contribution in [3.63, 3.8) is 0 Å². The van der Waals surface area contributed by atoms with Crippen molar-refractivity contribution in [1.82, 2.24) is 24.1 Å². The fourth-order valence-corrected chi connectivity index (χ4v) is 11.0. The van der Waals surface area contributed by atoms with Gasteiger partial charge in [-0.25, -0.2) is 15.0 Å². The van der Waals surface area contributed by atoms with E-state index < -0.39 is 0 Å². The minimum atomic E-state index is 0.553. The van der Waals surface area contributed by atoms with Crippen LogP contribution in [0.3, 0.4) is 0 Å². The Morgan fingerprint density at radius 2 is 0.845 bits per heavy atom. The average Bonchev–Trinajstić information content (AvgIpc) is 4.08. The van der Waals surface area contributed by atoms with Crippen LogP contribution < -0.4 is 0 Å². The summed E-state index contributed by atoms with van der Waals surface area (Å²) >= 11 is 0. The second-order valence-electron chi connectivity index (χ2n) is 18.4. The summed E-state index contributed by atoms with van der Waals surface area (Å²) in [6.07, 6.45) is 0. The molecule has 0 aliphatic heterocycles. The van der Waals surface area contributed by atoms with Crippen LogP contribution in [0.1, 0.15) is 0 Å². The first kappa shape index (κ1) is 39.4. The first-order valence-corrected chi connectivity index (χ1v) is 24.0. The minimum Gasteiger partial charge on any atom is -0.456 e. The average molecular weight is 906 g/mol. The van der Waals surface area contributed by atoms with Crippen LogP contribution in [0, 0.1) is 0 Å². The van der Waals surface area contributed by atoms with Crippen molar-refractivity contribution in [1.29, 1.82) is 0 Å². The maximum Gasteiger partial charge on any atom is 0.166 e. The van der Waals surface area contributed by atoms with E-state index in [2.05, 4.69) is 228 Å². The van der Waals surface area contributed by atoms with E-state index in [9.17, 15) is 0 Å². The van der Waals surface area contributed by atoms with E-state index in [1.165, 1.54) is 10.8 Å².